The van der Waals surface area contributed by atoms with E-state index in [9.17, 15) is 9.50 Å². The van der Waals surface area contributed by atoms with Crippen LogP contribution < -0.4 is 0 Å². The van der Waals surface area contributed by atoms with Gasteiger partial charge in [0, 0.05) is 0 Å². The Morgan fingerprint density at radius 2 is 2.11 bits per heavy atom. The molecule has 0 aliphatic heterocycles. The summed E-state index contributed by atoms with van der Waals surface area (Å²) in [6.45, 7) is 2.15. The minimum atomic E-state index is -0.624. The van der Waals surface area contributed by atoms with E-state index in [4.69, 9.17) is 0 Å². The maximum absolute atomic E-state index is 14.7. The van der Waals surface area contributed by atoms with Gasteiger partial charge in [-0.15, -0.1) is 0 Å². The minimum absolute atomic E-state index is 0.211. The quantitative estimate of drug-likeness (QED) is 0.826. The fourth-order valence-electron chi connectivity index (χ4n) is 4.25. The second kappa shape index (κ2) is 5.15. The highest BCUT2D eigenvalue weighted by molar-refractivity contribution is 5.39. The molecule has 1 nitrogen and oxygen atoms in total. The van der Waals surface area contributed by atoms with Gasteiger partial charge < -0.3 is 5.11 Å². The van der Waals surface area contributed by atoms with Crippen LogP contribution in [0.4, 0.5) is 4.39 Å². The minimum Gasteiger partial charge on any atom is -0.508 e. The van der Waals surface area contributed by atoms with Crippen molar-refractivity contribution in [3.8, 4) is 5.75 Å². The zero-order valence-electron chi connectivity index (χ0n) is 11.6. The monoisotopic (exact) mass is 262 g/mol. The van der Waals surface area contributed by atoms with Gasteiger partial charge in [-0.1, -0.05) is 19.4 Å². The Morgan fingerprint density at radius 3 is 2.89 bits per heavy atom. The largest absolute Gasteiger partial charge is 0.508 e. The van der Waals surface area contributed by atoms with E-state index in [0.29, 0.717) is 11.7 Å². The van der Waals surface area contributed by atoms with Crippen LogP contribution in [0.1, 0.15) is 56.1 Å². The van der Waals surface area contributed by atoms with Crippen LogP contribution in [0.3, 0.4) is 0 Å². The number of benzene rings is 1. The summed E-state index contributed by atoms with van der Waals surface area (Å²) in [4.78, 5) is 0. The van der Waals surface area contributed by atoms with Crippen molar-refractivity contribution in [3.05, 3.63) is 29.3 Å². The Hall–Kier alpha value is -1.05. The van der Waals surface area contributed by atoms with Gasteiger partial charge in [0.1, 0.15) is 11.9 Å². The highest BCUT2D eigenvalue weighted by Gasteiger charge is 2.42. The molecule has 0 heterocycles. The fraction of sp³-hybridized carbons (Fsp3) is 0.647. The Morgan fingerprint density at radius 1 is 1.26 bits per heavy atom. The number of rotatable bonds is 2. The van der Waals surface area contributed by atoms with E-state index in [2.05, 4.69) is 6.92 Å². The van der Waals surface area contributed by atoms with E-state index in [1.807, 2.05) is 12.1 Å². The topological polar surface area (TPSA) is 20.2 Å². The number of alkyl halides is 1. The molecule has 3 rings (SSSR count). The molecule has 4 atom stereocenters. The van der Waals surface area contributed by atoms with Crippen molar-refractivity contribution >= 4 is 0 Å². The summed E-state index contributed by atoms with van der Waals surface area (Å²) in [5.41, 5.74) is 2.54. The molecule has 0 saturated heterocycles. The molecule has 0 amide bonds. The first-order chi connectivity index (χ1) is 9.20. The summed E-state index contributed by atoms with van der Waals surface area (Å²) in [5, 5.41) is 9.57. The number of hydrogen-bond donors (Lipinski definition) is 1. The molecule has 0 bridgehead atoms. The standard InChI is InChI=1S/C17H23FO/c1-2-3-11-4-7-15-14-9-6-13(19)10-12(14)5-8-16(15)17(11)18/h6,9-11,15-17,19H,2-5,7-8H2,1H3/t11-,15+,16+,17+/m0/s1. The van der Waals surface area contributed by atoms with Crippen molar-refractivity contribution in [3.63, 3.8) is 0 Å². The van der Waals surface area contributed by atoms with Gasteiger partial charge in [0.15, 0.2) is 0 Å². The number of halogens is 1. The van der Waals surface area contributed by atoms with Crippen LogP contribution in [-0.2, 0) is 6.42 Å². The van der Waals surface area contributed by atoms with Crippen molar-refractivity contribution in [2.24, 2.45) is 11.8 Å². The molecule has 0 radical (unpaired) electrons. The lowest BCUT2D eigenvalue weighted by Crippen LogP contribution is -2.37. The van der Waals surface area contributed by atoms with Gasteiger partial charge in [0.2, 0.25) is 0 Å². The van der Waals surface area contributed by atoms with Gasteiger partial charge in [-0.3, -0.25) is 0 Å². The summed E-state index contributed by atoms with van der Waals surface area (Å²) >= 11 is 0. The summed E-state index contributed by atoms with van der Waals surface area (Å²) in [5.74, 6) is 1.22. The molecule has 1 N–H and O–H groups in total. The van der Waals surface area contributed by atoms with Crippen LogP contribution in [0.5, 0.6) is 5.75 Å². The van der Waals surface area contributed by atoms with E-state index in [-0.39, 0.29) is 11.8 Å². The lowest BCUT2D eigenvalue weighted by atomic mass is 9.63. The van der Waals surface area contributed by atoms with Gasteiger partial charge in [-0.2, -0.15) is 0 Å². The lowest BCUT2D eigenvalue weighted by Gasteiger charge is -2.43. The summed E-state index contributed by atoms with van der Waals surface area (Å²) in [6.07, 6.45) is 5.51. The lowest BCUT2D eigenvalue weighted by molar-refractivity contribution is 0.0642. The summed E-state index contributed by atoms with van der Waals surface area (Å²) in [7, 11) is 0. The number of aryl methyl sites for hydroxylation is 1. The van der Waals surface area contributed by atoms with Crippen molar-refractivity contribution in [2.75, 3.05) is 0 Å². The smallest absolute Gasteiger partial charge is 0.115 e. The van der Waals surface area contributed by atoms with Crippen molar-refractivity contribution in [1.82, 2.24) is 0 Å². The second-order valence-electron chi connectivity index (χ2n) is 6.26. The first kappa shape index (κ1) is 13.0. The Bertz CT molecular complexity index is 457. The van der Waals surface area contributed by atoms with Gasteiger partial charge in [-0.05, 0) is 73.1 Å². The first-order valence-corrected chi connectivity index (χ1v) is 7.66. The average Bonchev–Trinajstić information content (AvgIpc) is 2.41. The van der Waals surface area contributed by atoms with Crippen molar-refractivity contribution in [2.45, 2.75) is 57.5 Å². The number of hydrogen-bond acceptors (Lipinski definition) is 1. The molecule has 1 fully saturated rings. The van der Waals surface area contributed by atoms with Gasteiger partial charge in [-0.25, -0.2) is 4.39 Å². The molecule has 0 spiro atoms. The highest BCUT2D eigenvalue weighted by atomic mass is 19.1. The van der Waals surface area contributed by atoms with Gasteiger partial charge in [0.05, 0.1) is 0 Å². The third kappa shape index (κ3) is 2.26. The molecule has 1 saturated carbocycles. The molecule has 1 aromatic rings. The molecular weight excluding hydrogens is 239 g/mol. The molecule has 2 aliphatic carbocycles. The zero-order valence-corrected chi connectivity index (χ0v) is 11.6. The number of phenols is 1. The molecule has 19 heavy (non-hydrogen) atoms. The van der Waals surface area contributed by atoms with Crippen LogP contribution in [-0.4, -0.2) is 11.3 Å². The Kier molecular flexibility index (Phi) is 3.51. The van der Waals surface area contributed by atoms with Gasteiger partial charge >= 0.3 is 0 Å². The maximum Gasteiger partial charge on any atom is 0.115 e. The van der Waals surface area contributed by atoms with Crippen molar-refractivity contribution in [1.29, 1.82) is 0 Å². The number of fused-ring (bicyclic) bond motifs is 3. The van der Waals surface area contributed by atoms with Gasteiger partial charge in [0.25, 0.3) is 0 Å². The highest BCUT2D eigenvalue weighted by Crippen LogP contribution is 2.49. The predicted molar refractivity (Wildman–Crippen MR) is 75.2 cm³/mol. The number of phenolic OH excluding ortho intramolecular Hbond substituents is 1. The molecule has 2 heteroatoms. The summed E-state index contributed by atoms with van der Waals surface area (Å²) in [6, 6.07) is 5.65. The molecule has 1 aromatic carbocycles. The maximum atomic E-state index is 14.7. The SMILES string of the molecule is CCC[C@H]1CC[C@@H]2c3ccc(O)cc3CC[C@H]2[C@@H]1F. The van der Waals surface area contributed by atoms with Crippen LogP contribution in [0, 0.1) is 11.8 Å². The average molecular weight is 262 g/mol. The Labute approximate surface area is 114 Å². The zero-order chi connectivity index (χ0) is 13.4. The van der Waals surface area contributed by atoms with E-state index >= 15 is 0 Å². The Balaban J connectivity index is 1.85. The second-order valence-corrected chi connectivity index (χ2v) is 6.26. The van der Waals surface area contributed by atoms with Crippen LogP contribution in [0.2, 0.25) is 0 Å². The van der Waals surface area contributed by atoms with Crippen LogP contribution in [0.25, 0.3) is 0 Å². The first-order valence-electron chi connectivity index (χ1n) is 7.66. The molecule has 0 aromatic heterocycles. The summed E-state index contributed by atoms with van der Waals surface area (Å²) < 4.78 is 14.7. The number of aromatic hydroxyl groups is 1. The molecule has 0 unspecified atom stereocenters. The molecule has 104 valence electrons. The predicted octanol–water partition coefficient (Wildman–Crippen LogP) is 4.59. The van der Waals surface area contributed by atoms with Crippen molar-refractivity contribution < 1.29 is 9.50 Å². The molecule has 2 aliphatic rings. The third-order valence-corrected chi connectivity index (χ3v) is 5.16. The van der Waals surface area contributed by atoms with Crippen LogP contribution in [0.15, 0.2) is 18.2 Å². The van der Waals surface area contributed by atoms with E-state index in [1.165, 1.54) is 11.1 Å². The fourth-order valence-corrected chi connectivity index (χ4v) is 4.25. The van der Waals surface area contributed by atoms with Crippen LogP contribution >= 0.6 is 0 Å². The van der Waals surface area contributed by atoms with E-state index in [1.54, 1.807) is 6.07 Å². The van der Waals surface area contributed by atoms with E-state index < -0.39 is 6.17 Å². The third-order valence-electron chi connectivity index (χ3n) is 5.16. The normalized spacial score (nSPS) is 33.6. The molecular formula is C17H23FO. The van der Waals surface area contributed by atoms with E-state index in [0.717, 1.165) is 38.5 Å².